The van der Waals surface area contributed by atoms with Crippen LogP contribution in [0, 0.1) is 11.8 Å². The van der Waals surface area contributed by atoms with Gasteiger partial charge >= 0.3 is 41.3 Å². The van der Waals surface area contributed by atoms with Crippen molar-refractivity contribution in [3.63, 3.8) is 0 Å². The van der Waals surface area contributed by atoms with Crippen LogP contribution in [0.25, 0.3) is 22.8 Å². The van der Waals surface area contributed by atoms with Gasteiger partial charge in [-0.3, -0.25) is 0 Å². The Hall–Kier alpha value is -1.27. The maximum absolute atomic E-state index is 2.48. The second-order valence-corrected chi connectivity index (χ2v) is 14.1. The van der Waals surface area contributed by atoms with Crippen molar-refractivity contribution in [1.82, 2.24) is 0 Å². The third-order valence-corrected chi connectivity index (χ3v) is 7.13. The third kappa shape index (κ3) is 5.90. The van der Waals surface area contributed by atoms with Gasteiger partial charge in [0.1, 0.15) is 0 Å². The molecule has 0 atom stereocenters. The van der Waals surface area contributed by atoms with Crippen molar-refractivity contribution in [1.29, 1.82) is 0 Å². The molecule has 6 rings (SSSR count). The molecule has 0 aromatic heterocycles. The number of hydrogen-bond donors (Lipinski definition) is 0. The van der Waals surface area contributed by atoms with E-state index in [4.69, 9.17) is 0 Å². The summed E-state index contributed by atoms with van der Waals surface area (Å²) in [6.45, 7) is 18.3. The Morgan fingerprint density at radius 2 is 1.56 bits per heavy atom. The van der Waals surface area contributed by atoms with E-state index in [-0.39, 0.29) is 35.6 Å². The minimum absolute atomic E-state index is 0. The van der Waals surface area contributed by atoms with Crippen LogP contribution in [0.5, 0.6) is 0 Å². The Morgan fingerprint density at radius 1 is 0.944 bits per heavy atom. The molecule has 0 N–H and O–H groups in total. The molecular formula is C33H38Cl2Zr-2. The van der Waals surface area contributed by atoms with E-state index in [1.54, 1.807) is 52.1 Å². The first-order valence-electron chi connectivity index (χ1n) is 12.5. The summed E-state index contributed by atoms with van der Waals surface area (Å²) in [5, 5.41) is 3.00. The Balaban J connectivity index is 0.000000357. The van der Waals surface area contributed by atoms with Gasteiger partial charge in [0.15, 0.2) is 0 Å². The average Bonchev–Trinajstić information content (AvgIpc) is 3.49. The van der Waals surface area contributed by atoms with Crippen molar-refractivity contribution < 1.29 is 49.0 Å². The van der Waals surface area contributed by atoms with E-state index in [1.807, 2.05) is 30.3 Å². The van der Waals surface area contributed by atoms with E-state index >= 15 is 0 Å². The van der Waals surface area contributed by atoms with Gasteiger partial charge in [-0.2, -0.15) is 23.4 Å². The molecule has 0 fully saturated rings. The smallest absolute Gasteiger partial charge is 0.172 e. The monoisotopic (exact) mass is 594 g/mol. The van der Waals surface area contributed by atoms with Crippen molar-refractivity contribution in [3.8, 4) is 0 Å². The largest absolute Gasteiger partial charge is 1.00 e. The van der Waals surface area contributed by atoms with E-state index < -0.39 is 0 Å². The summed E-state index contributed by atoms with van der Waals surface area (Å²) in [4.78, 5) is 0. The molecule has 3 heteroatoms. The molecule has 0 bridgehead atoms. The molecule has 0 nitrogen and oxygen atoms in total. The quantitative estimate of drug-likeness (QED) is 0.399. The molecule has 0 aliphatic heterocycles. The molecule has 0 saturated carbocycles. The van der Waals surface area contributed by atoms with Crippen LogP contribution in [0.1, 0.15) is 84.1 Å². The number of rotatable bonds is 0. The summed E-state index contributed by atoms with van der Waals surface area (Å²) in [5.41, 5.74) is 12.8. The van der Waals surface area contributed by atoms with Gasteiger partial charge in [-0.05, 0) is 53.0 Å². The molecule has 0 spiro atoms. The maximum Gasteiger partial charge on any atom is -0.172 e. The summed E-state index contributed by atoms with van der Waals surface area (Å²) >= 11 is 1.55. The van der Waals surface area contributed by atoms with Crippen molar-refractivity contribution in [2.24, 2.45) is 5.41 Å². The van der Waals surface area contributed by atoms with Crippen LogP contribution in [-0.2, 0) is 36.1 Å². The zero-order valence-electron chi connectivity index (χ0n) is 22.9. The molecule has 2 aromatic carbocycles. The van der Waals surface area contributed by atoms with E-state index in [0.29, 0.717) is 0 Å². The topological polar surface area (TPSA) is 0 Å². The van der Waals surface area contributed by atoms with Crippen molar-refractivity contribution in [2.45, 2.75) is 73.6 Å². The first-order valence-corrected chi connectivity index (χ1v) is 13.7. The third-order valence-electron chi connectivity index (χ3n) is 7.13. The van der Waals surface area contributed by atoms with Crippen LogP contribution < -0.4 is 35.3 Å². The van der Waals surface area contributed by atoms with Gasteiger partial charge in [-0.25, -0.2) is 24.1 Å². The summed E-state index contributed by atoms with van der Waals surface area (Å²) in [5.74, 6) is 0. The Kier molecular flexibility index (Phi) is 10.0. The zero-order valence-corrected chi connectivity index (χ0v) is 26.9. The van der Waals surface area contributed by atoms with Crippen LogP contribution in [0.3, 0.4) is 0 Å². The summed E-state index contributed by atoms with van der Waals surface area (Å²) in [6.07, 6.45) is 14.3. The maximum atomic E-state index is 2.48. The molecule has 0 heterocycles. The molecular weight excluding hydrogens is 558 g/mol. The van der Waals surface area contributed by atoms with Gasteiger partial charge in [-0.15, -0.1) is 5.56 Å². The molecule has 4 aliphatic rings. The van der Waals surface area contributed by atoms with Crippen LogP contribution in [0.2, 0.25) is 0 Å². The predicted molar refractivity (Wildman–Crippen MR) is 147 cm³/mol. The fourth-order valence-corrected chi connectivity index (χ4v) is 5.99. The molecule has 0 unspecified atom stereocenters. The van der Waals surface area contributed by atoms with Crippen LogP contribution in [0.4, 0.5) is 0 Å². The normalized spacial score (nSPS) is 18.3. The van der Waals surface area contributed by atoms with Crippen molar-refractivity contribution >= 4 is 26.0 Å². The number of fused-ring (bicyclic) bond motifs is 7. The van der Waals surface area contributed by atoms with Gasteiger partial charge in [0.05, 0.1) is 0 Å². The van der Waals surface area contributed by atoms with Gasteiger partial charge < -0.3 is 24.8 Å². The fraction of sp³-hybridized carbons (Fsp3) is 0.364. The summed E-state index contributed by atoms with van der Waals surface area (Å²) in [6, 6.07) is 10.0. The first kappa shape index (κ1) is 31.0. The molecule has 36 heavy (non-hydrogen) atoms. The standard InChI is InChI=1S/C25H27.C5H5.C3H6.2ClH.Zr/c1-14-7-8-17-20(14)22-18(23-21(17)15(2)12-25(23,5)6)11-16-9-10-24(3,4)13-19(16)22;1-2-4-5-3-1;1-3-2;;;/h7-10,12H,11,13H2,1-6H3;1-5H;1-2H3;2*1H;/q2*-1;;;;+2/p-2. The summed E-state index contributed by atoms with van der Waals surface area (Å²) < 4.78 is 1.51. The predicted octanol–water partition coefficient (Wildman–Crippen LogP) is 1.00. The second kappa shape index (κ2) is 11.6. The van der Waals surface area contributed by atoms with E-state index in [2.05, 4.69) is 86.1 Å². The number of hydrogen-bond acceptors (Lipinski definition) is 0. The zero-order chi connectivity index (χ0) is 24.8. The fourth-order valence-electron chi connectivity index (χ4n) is 5.99. The first-order chi connectivity index (χ1) is 15.9. The van der Waals surface area contributed by atoms with Crippen LogP contribution in [-0.4, -0.2) is 3.21 Å². The van der Waals surface area contributed by atoms with Crippen molar-refractivity contribution in [2.75, 3.05) is 0 Å². The Bertz CT molecular complexity index is 1340. The molecule has 4 aliphatic carbocycles. The Labute approximate surface area is 245 Å². The molecule has 0 radical (unpaired) electrons. The SMILES string of the molecule is CC1=CC=c2c1c1c(c3c2=C(C)[CH-]C3(C)C)CC2=C1CC(C)(C)C=C2.C[C](C)=[Zr+2].[Cl-].[Cl-].c1cc[cH-]c1. The molecule has 190 valence electrons. The Morgan fingerprint density at radius 3 is 2.11 bits per heavy atom. The van der Waals surface area contributed by atoms with E-state index in [1.165, 1.54) is 30.4 Å². The van der Waals surface area contributed by atoms with E-state index in [9.17, 15) is 0 Å². The molecule has 2 aromatic rings. The van der Waals surface area contributed by atoms with Crippen molar-refractivity contribution in [3.05, 3.63) is 93.2 Å². The van der Waals surface area contributed by atoms with Gasteiger partial charge in [-0.1, -0.05) is 75.1 Å². The second-order valence-electron chi connectivity index (χ2n) is 11.6. The number of halogens is 2. The summed E-state index contributed by atoms with van der Waals surface area (Å²) in [7, 11) is 0. The van der Waals surface area contributed by atoms with Gasteiger partial charge in [0.2, 0.25) is 0 Å². The average molecular weight is 597 g/mol. The van der Waals surface area contributed by atoms with Crippen LogP contribution >= 0.6 is 0 Å². The minimum Gasteiger partial charge on any atom is -1.00 e. The minimum atomic E-state index is 0. The van der Waals surface area contributed by atoms with Crippen LogP contribution in [0.15, 0.2) is 54.1 Å². The number of allylic oxidation sites excluding steroid dienone is 6. The number of benzene rings is 1. The molecule has 0 saturated heterocycles. The molecule has 0 amide bonds. The van der Waals surface area contributed by atoms with Gasteiger partial charge in [0.25, 0.3) is 0 Å². The van der Waals surface area contributed by atoms with Gasteiger partial charge in [0, 0.05) is 0 Å². The van der Waals surface area contributed by atoms with E-state index in [0.717, 1.165) is 12.8 Å².